The third-order valence-electron chi connectivity index (χ3n) is 3.68. The molecule has 1 unspecified atom stereocenters. The van der Waals surface area contributed by atoms with E-state index >= 15 is 0 Å². The van der Waals surface area contributed by atoms with Crippen LogP contribution < -0.4 is 5.32 Å². The topological polar surface area (TPSA) is 56.2 Å². The van der Waals surface area contributed by atoms with Gasteiger partial charge in [-0.25, -0.2) is 0 Å². The number of aromatic nitrogens is 2. The van der Waals surface area contributed by atoms with E-state index in [9.17, 15) is 4.79 Å². The lowest BCUT2D eigenvalue weighted by Gasteiger charge is -2.09. The number of carbonyl (C=O) groups excluding carboxylic acids is 1. The Bertz CT molecular complexity index is 589. The molecule has 1 aromatic carbocycles. The van der Waals surface area contributed by atoms with E-state index in [1.54, 1.807) is 0 Å². The zero-order valence-electron chi connectivity index (χ0n) is 11.9. The Kier molecular flexibility index (Phi) is 4.31. The molecule has 1 aliphatic rings. The number of carbonyl (C=O) groups is 1. The Morgan fingerprint density at radius 3 is 2.95 bits per heavy atom. The molecule has 1 N–H and O–H groups in total. The summed E-state index contributed by atoms with van der Waals surface area (Å²) in [5, 5.41) is 7.27. The summed E-state index contributed by atoms with van der Waals surface area (Å²) >= 11 is 0. The van der Waals surface area contributed by atoms with E-state index in [1.165, 1.54) is 0 Å². The maximum atomic E-state index is 11.8. The van der Waals surface area contributed by atoms with Crippen molar-refractivity contribution >= 4 is 5.91 Å². The maximum Gasteiger partial charge on any atom is 0.225 e. The second-order valence-corrected chi connectivity index (χ2v) is 5.21. The second-order valence-electron chi connectivity index (χ2n) is 5.21. The van der Waals surface area contributed by atoms with Gasteiger partial charge in [-0.3, -0.25) is 9.48 Å². The highest BCUT2D eigenvalue weighted by molar-refractivity contribution is 5.78. The lowest BCUT2D eigenvalue weighted by atomic mass is 10.1. The van der Waals surface area contributed by atoms with Crippen LogP contribution in [0, 0.1) is 5.92 Å². The summed E-state index contributed by atoms with van der Waals surface area (Å²) in [6.07, 6.45) is 4.67. The van der Waals surface area contributed by atoms with E-state index in [1.807, 2.05) is 35.3 Å². The molecule has 1 amide bonds. The third-order valence-corrected chi connectivity index (χ3v) is 3.68. The third kappa shape index (κ3) is 3.49. The van der Waals surface area contributed by atoms with Gasteiger partial charge in [0.05, 0.1) is 25.3 Å². The van der Waals surface area contributed by atoms with Crippen molar-refractivity contribution in [3.05, 3.63) is 42.7 Å². The summed E-state index contributed by atoms with van der Waals surface area (Å²) in [7, 11) is 0. The van der Waals surface area contributed by atoms with Crippen LogP contribution in [0.4, 0.5) is 0 Å². The zero-order valence-corrected chi connectivity index (χ0v) is 11.9. The number of rotatable bonds is 5. The largest absolute Gasteiger partial charge is 0.381 e. The van der Waals surface area contributed by atoms with Crippen molar-refractivity contribution < 1.29 is 9.53 Å². The van der Waals surface area contributed by atoms with Gasteiger partial charge in [-0.05, 0) is 12.0 Å². The van der Waals surface area contributed by atoms with Crippen LogP contribution in [0.3, 0.4) is 0 Å². The van der Waals surface area contributed by atoms with Crippen molar-refractivity contribution in [3.63, 3.8) is 0 Å². The molecule has 1 aliphatic heterocycles. The minimum absolute atomic E-state index is 0.0162. The van der Waals surface area contributed by atoms with Crippen LogP contribution in [0.1, 0.15) is 6.42 Å². The number of benzene rings is 1. The van der Waals surface area contributed by atoms with Gasteiger partial charge in [-0.1, -0.05) is 30.3 Å². The first kappa shape index (κ1) is 13.8. The van der Waals surface area contributed by atoms with Crippen molar-refractivity contribution in [2.45, 2.75) is 13.0 Å². The molecule has 5 heteroatoms. The molecule has 0 bridgehead atoms. The van der Waals surface area contributed by atoms with Crippen LogP contribution in [0.5, 0.6) is 0 Å². The molecule has 0 radical (unpaired) electrons. The molecule has 2 aromatic rings. The highest BCUT2D eigenvalue weighted by atomic mass is 16.5. The number of ether oxygens (including phenoxy) is 1. The fourth-order valence-corrected chi connectivity index (χ4v) is 2.44. The lowest BCUT2D eigenvalue weighted by molar-refractivity contribution is -0.124. The molecule has 1 aromatic heterocycles. The van der Waals surface area contributed by atoms with E-state index in [-0.39, 0.29) is 11.8 Å². The van der Waals surface area contributed by atoms with Crippen molar-refractivity contribution in [2.24, 2.45) is 5.92 Å². The van der Waals surface area contributed by atoms with E-state index in [0.717, 1.165) is 17.5 Å². The predicted octanol–water partition coefficient (Wildman–Crippen LogP) is 1.70. The molecule has 3 rings (SSSR count). The first-order valence-electron chi connectivity index (χ1n) is 7.26. The minimum Gasteiger partial charge on any atom is -0.381 e. The quantitative estimate of drug-likeness (QED) is 0.909. The van der Waals surface area contributed by atoms with E-state index in [2.05, 4.69) is 22.5 Å². The Hall–Kier alpha value is -2.14. The zero-order chi connectivity index (χ0) is 14.5. The van der Waals surface area contributed by atoms with Crippen LogP contribution in [-0.4, -0.2) is 35.4 Å². The van der Waals surface area contributed by atoms with Gasteiger partial charge in [0.1, 0.15) is 0 Å². The molecule has 0 spiro atoms. The smallest absolute Gasteiger partial charge is 0.225 e. The van der Waals surface area contributed by atoms with E-state index in [0.29, 0.717) is 26.3 Å². The normalized spacial score (nSPS) is 17.8. The van der Waals surface area contributed by atoms with Gasteiger partial charge in [0.2, 0.25) is 5.91 Å². The first-order valence-corrected chi connectivity index (χ1v) is 7.26. The fourth-order valence-electron chi connectivity index (χ4n) is 2.44. The summed E-state index contributed by atoms with van der Waals surface area (Å²) in [6.45, 7) is 2.50. The van der Waals surface area contributed by atoms with Crippen molar-refractivity contribution in [1.82, 2.24) is 15.1 Å². The maximum absolute atomic E-state index is 11.8. The van der Waals surface area contributed by atoms with Crippen LogP contribution in [0.2, 0.25) is 0 Å². The van der Waals surface area contributed by atoms with Crippen LogP contribution >= 0.6 is 0 Å². The standard InChI is InChI=1S/C16H19N3O2/c20-16(14-6-9-21-12-14)17-7-8-19-11-15(10-18-19)13-4-2-1-3-5-13/h1-5,10-11,14H,6-9,12H2,(H,17,20). The molecule has 110 valence electrons. The number of hydrogen-bond acceptors (Lipinski definition) is 3. The number of hydrogen-bond donors (Lipinski definition) is 1. The van der Waals surface area contributed by atoms with E-state index in [4.69, 9.17) is 4.74 Å². The number of amides is 1. The Balaban J connectivity index is 1.50. The summed E-state index contributed by atoms with van der Waals surface area (Å²) < 4.78 is 7.07. The van der Waals surface area contributed by atoms with Gasteiger partial charge in [-0.2, -0.15) is 5.10 Å². The van der Waals surface area contributed by atoms with Crippen LogP contribution in [0.15, 0.2) is 42.7 Å². The molecular weight excluding hydrogens is 266 g/mol. The molecule has 1 fully saturated rings. The average molecular weight is 285 g/mol. The van der Waals surface area contributed by atoms with Gasteiger partial charge in [0, 0.05) is 24.9 Å². The fraction of sp³-hybridized carbons (Fsp3) is 0.375. The lowest BCUT2D eigenvalue weighted by Crippen LogP contribution is -2.33. The molecule has 21 heavy (non-hydrogen) atoms. The Morgan fingerprint density at radius 1 is 1.33 bits per heavy atom. The second kappa shape index (κ2) is 6.54. The monoisotopic (exact) mass is 285 g/mol. The van der Waals surface area contributed by atoms with Gasteiger partial charge in [0.15, 0.2) is 0 Å². The van der Waals surface area contributed by atoms with Gasteiger partial charge < -0.3 is 10.1 Å². The van der Waals surface area contributed by atoms with Gasteiger partial charge >= 0.3 is 0 Å². The van der Waals surface area contributed by atoms with E-state index < -0.39 is 0 Å². The molecule has 1 atom stereocenters. The first-order chi connectivity index (χ1) is 10.3. The molecule has 0 aliphatic carbocycles. The SMILES string of the molecule is O=C(NCCn1cc(-c2ccccc2)cn1)C1CCOC1. The summed E-state index contributed by atoms with van der Waals surface area (Å²) in [4.78, 5) is 11.8. The molecule has 5 nitrogen and oxygen atoms in total. The average Bonchev–Trinajstić information content (AvgIpc) is 3.20. The molecular formula is C16H19N3O2. The number of nitrogens with zero attached hydrogens (tertiary/aromatic N) is 2. The molecule has 0 saturated carbocycles. The highest BCUT2D eigenvalue weighted by Gasteiger charge is 2.22. The van der Waals surface area contributed by atoms with Crippen LogP contribution in [0.25, 0.3) is 11.1 Å². The number of nitrogens with one attached hydrogen (secondary N) is 1. The van der Waals surface area contributed by atoms with Crippen molar-refractivity contribution in [2.75, 3.05) is 19.8 Å². The summed E-state index contributed by atoms with van der Waals surface area (Å²) in [5.41, 5.74) is 2.24. The van der Waals surface area contributed by atoms with Gasteiger partial charge in [-0.15, -0.1) is 0 Å². The van der Waals surface area contributed by atoms with Crippen molar-refractivity contribution in [3.8, 4) is 11.1 Å². The van der Waals surface area contributed by atoms with Crippen LogP contribution in [-0.2, 0) is 16.1 Å². The summed E-state index contributed by atoms with van der Waals surface area (Å²) in [6, 6.07) is 10.1. The van der Waals surface area contributed by atoms with Gasteiger partial charge in [0.25, 0.3) is 0 Å². The summed E-state index contributed by atoms with van der Waals surface area (Å²) in [5.74, 6) is 0.102. The Morgan fingerprint density at radius 2 is 2.19 bits per heavy atom. The Labute approximate surface area is 123 Å². The minimum atomic E-state index is 0.0162. The van der Waals surface area contributed by atoms with Crippen molar-refractivity contribution in [1.29, 1.82) is 0 Å². The highest BCUT2D eigenvalue weighted by Crippen LogP contribution is 2.17. The predicted molar refractivity (Wildman–Crippen MR) is 79.6 cm³/mol. The molecule has 2 heterocycles. The molecule has 1 saturated heterocycles.